The van der Waals surface area contributed by atoms with E-state index in [1.807, 2.05) is 38.1 Å². The van der Waals surface area contributed by atoms with Crippen LogP contribution in [0.15, 0.2) is 24.3 Å². The summed E-state index contributed by atoms with van der Waals surface area (Å²) in [4.78, 5) is 10.8. The van der Waals surface area contributed by atoms with Crippen molar-refractivity contribution in [3.8, 4) is 0 Å². The van der Waals surface area contributed by atoms with Crippen LogP contribution in [-0.4, -0.2) is 46.5 Å². The topological polar surface area (TPSA) is 84.5 Å². The predicted octanol–water partition coefficient (Wildman–Crippen LogP) is 1.19. The standard InChI is InChI=1S/C15H20N4O2/c1-15(2)9-19(7-10(8-20)21-15)13-11-5-3-4-6-12(11)17-14(16)18-13/h3-6,10,20H,7-9H2,1-2H3,(H2,16,17,18). The molecule has 6 nitrogen and oxygen atoms in total. The molecule has 3 rings (SSSR count). The fraction of sp³-hybridized carbons (Fsp3) is 0.467. The van der Waals surface area contributed by atoms with Gasteiger partial charge in [-0.2, -0.15) is 4.98 Å². The maximum absolute atomic E-state index is 9.45. The fourth-order valence-corrected chi connectivity index (χ4v) is 2.87. The van der Waals surface area contributed by atoms with Crippen LogP contribution in [0.4, 0.5) is 11.8 Å². The highest BCUT2D eigenvalue weighted by Gasteiger charge is 2.34. The Balaban J connectivity index is 2.07. The number of rotatable bonds is 2. The highest BCUT2D eigenvalue weighted by atomic mass is 16.5. The van der Waals surface area contributed by atoms with Gasteiger partial charge in [-0.1, -0.05) is 12.1 Å². The van der Waals surface area contributed by atoms with Gasteiger partial charge in [-0.05, 0) is 26.0 Å². The molecule has 3 N–H and O–H groups in total. The number of fused-ring (bicyclic) bond motifs is 1. The Morgan fingerprint density at radius 3 is 2.90 bits per heavy atom. The van der Waals surface area contributed by atoms with Crippen LogP contribution >= 0.6 is 0 Å². The summed E-state index contributed by atoms with van der Waals surface area (Å²) in [6.07, 6.45) is -0.233. The number of nitrogens with two attached hydrogens (primary N) is 1. The first kappa shape index (κ1) is 14.0. The van der Waals surface area contributed by atoms with Gasteiger partial charge in [0.15, 0.2) is 0 Å². The van der Waals surface area contributed by atoms with Gasteiger partial charge in [-0.15, -0.1) is 0 Å². The second-order valence-corrected chi connectivity index (χ2v) is 5.99. The fourth-order valence-electron chi connectivity index (χ4n) is 2.87. The molecule has 2 heterocycles. The summed E-state index contributed by atoms with van der Waals surface area (Å²) < 4.78 is 5.85. The first-order valence-electron chi connectivity index (χ1n) is 7.04. The molecule has 1 saturated heterocycles. The minimum Gasteiger partial charge on any atom is -0.394 e. The lowest BCUT2D eigenvalue weighted by Gasteiger charge is -2.43. The third-order valence-electron chi connectivity index (χ3n) is 3.58. The number of para-hydroxylation sites is 1. The maximum atomic E-state index is 9.45. The third-order valence-corrected chi connectivity index (χ3v) is 3.58. The monoisotopic (exact) mass is 288 g/mol. The first-order valence-corrected chi connectivity index (χ1v) is 7.04. The first-order chi connectivity index (χ1) is 9.98. The van der Waals surface area contributed by atoms with Crippen LogP contribution in [0, 0.1) is 0 Å². The van der Waals surface area contributed by atoms with Gasteiger partial charge in [0.1, 0.15) is 5.82 Å². The van der Waals surface area contributed by atoms with E-state index in [0.29, 0.717) is 13.1 Å². The number of hydrogen-bond acceptors (Lipinski definition) is 6. The van der Waals surface area contributed by atoms with Gasteiger partial charge < -0.3 is 20.5 Å². The van der Waals surface area contributed by atoms with Crippen LogP contribution in [0.1, 0.15) is 13.8 Å². The Kier molecular flexibility index (Phi) is 3.43. The largest absolute Gasteiger partial charge is 0.394 e. The minimum absolute atomic E-state index is 0.0154. The van der Waals surface area contributed by atoms with E-state index >= 15 is 0 Å². The number of morpholine rings is 1. The van der Waals surface area contributed by atoms with E-state index in [1.165, 1.54) is 0 Å². The summed E-state index contributed by atoms with van der Waals surface area (Å²) in [7, 11) is 0. The van der Waals surface area contributed by atoms with Gasteiger partial charge in [0.05, 0.1) is 23.8 Å². The number of nitrogen functional groups attached to an aromatic ring is 1. The average molecular weight is 288 g/mol. The number of aliphatic hydroxyl groups excluding tert-OH is 1. The SMILES string of the molecule is CC1(C)CN(c2nc(N)nc3ccccc23)CC(CO)O1. The van der Waals surface area contributed by atoms with Crippen LogP contribution in [0.2, 0.25) is 0 Å². The van der Waals surface area contributed by atoms with Crippen LogP contribution in [0.5, 0.6) is 0 Å². The van der Waals surface area contributed by atoms with Crippen molar-refractivity contribution in [3.63, 3.8) is 0 Å². The highest BCUT2D eigenvalue weighted by molar-refractivity contribution is 5.90. The summed E-state index contributed by atoms with van der Waals surface area (Å²) in [6, 6.07) is 7.80. The molecule has 1 unspecified atom stereocenters. The van der Waals surface area contributed by atoms with Gasteiger partial charge in [0, 0.05) is 18.5 Å². The number of nitrogens with zero attached hydrogens (tertiary/aromatic N) is 3. The summed E-state index contributed by atoms with van der Waals surface area (Å²) >= 11 is 0. The zero-order chi connectivity index (χ0) is 15.0. The molecule has 112 valence electrons. The Morgan fingerprint density at radius 2 is 2.14 bits per heavy atom. The van der Waals surface area contributed by atoms with Crippen LogP contribution in [-0.2, 0) is 4.74 Å². The summed E-state index contributed by atoms with van der Waals surface area (Å²) in [5, 5.41) is 10.4. The lowest BCUT2D eigenvalue weighted by molar-refractivity contribution is -0.101. The number of aromatic nitrogens is 2. The summed E-state index contributed by atoms with van der Waals surface area (Å²) in [5.74, 6) is 1.06. The Bertz CT molecular complexity index is 659. The average Bonchev–Trinajstić information content (AvgIpc) is 2.44. The Morgan fingerprint density at radius 1 is 1.38 bits per heavy atom. The molecule has 1 atom stereocenters. The van der Waals surface area contributed by atoms with Crippen LogP contribution < -0.4 is 10.6 Å². The maximum Gasteiger partial charge on any atom is 0.222 e. The molecule has 6 heteroatoms. The Labute approximate surface area is 123 Å². The predicted molar refractivity (Wildman–Crippen MR) is 82.2 cm³/mol. The smallest absolute Gasteiger partial charge is 0.222 e. The quantitative estimate of drug-likeness (QED) is 0.863. The molecule has 1 aliphatic heterocycles. The van der Waals surface area contributed by atoms with Crippen molar-refractivity contribution < 1.29 is 9.84 Å². The van der Waals surface area contributed by atoms with E-state index in [1.54, 1.807) is 0 Å². The normalized spacial score (nSPS) is 21.7. The molecule has 0 bridgehead atoms. The number of anilines is 2. The van der Waals surface area contributed by atoms with Crippen molar-refractivity contribution in [3.05, 3.63) is 24.3 Å². The van der Waals surface area contributed by atoms with Crippen molar-refractivity contribution in [1.29, 1.82) is 0 Å². The highest BCUT2D eigenvalue weighted by Crippen LogP contribution is 2.30. The van der Waals surface area contributed by atoms with E-state index in [-0.39, 0.29) is 24.3 Å². The number of benzene rings is 1. The number of hydrogen-bond donors (Lipinski definition) is 2. The van der Waals surface area contributed by atoms with E-state index in [2.05, 4.69) is 14.9 Å². The zero-order valence-electron chi connectivity index (χ0n) is 12.3. The molecule has 1 fully saturated rings. The molecule has 1 aromatic carbocycles. The summed E-state index contributed by atoms with van der Waals surface area (Å²) in [6.45, 7) is 5.27. The molecule has 0 aliphatic carbocycles. The van der Waals surface area contributed by atoms with E-state index in [4.69, 9.17) is 10.5 Å². The molecule has 0 spiro atoms. The van der Waals surface area contributed by atoms with Gasteiger partial charge in [0.25, 0.3) is 0 Å². The van der Waals surface area contributed by atoms with Crippen molar-refractivity contribution in [2.24, 2.45) is 0 Å². The van der Waals surface area contributed by atoms with E-state index < -0.39 is 0 Å². The number of aliphatic hydroxyl groups is 1. The third kappa shape index (κ3) is 2.77. The van der Waals surface area contributed by atoms with Crippen molar-refractivity contribution in [1.82, 2.24) is 9.97 Å². The lowest BCUT2D eigenvalue weighted by Crippen LogP contribution is -2.54. The van der Waals surface area contributed by atoms with Gasteiger partial charge in [0.2, 0.25) is 5.95 Å². The molecule has 1 aliphatic rings. The number of ether oxygens (including phenoxy) is 1. The second-order valence-electron chi connectivity index (χ2n) is 5.99. The molecule has 21 heavy (non-hydrogen) atoms. The van der Waals surface area contributed by atoms with Crippen LogP contribution in [0.25, 0.3) is 10.9 Å². The van der Waals surface area contributed by atoms with Gasteiger partial charge in [-0.3, -0.25) is 0 Å². The lowest BCUT2D eigenvalue weighted by atomic mass is 10.0. The second kappa shape index (κ2) is 5.13. The molecule has 0 saturated carbocycles. The molecule has 2 aromatic rings. The van der Waals surface area contributed by atoms with Crippen molar-refractivity contribution in [2.45, 2.75) is 25.6 Å². The van der Waals surface area contributed by atoms with Crippen molar-refractivity contribution >= 4 is 22.7 Å². The Hall–Kier alpha value is -1.92. The molecule has 1 aromatic heterocycles. The van der Waals surface area contributed by atoms with Crippen LogP contribution in [0.3, 0.4) is 0 Å². The summed E-state index contributed by atoms with van der Waals surface area (Å²) in [5.41, 5.74) is 6.31. The zero-order valence-corrected chi connectivity index (χ0v) is 12.3. The van der Waals surface area contributed by atoms with E-state index in [9.17, 15) is 5.11 Å². The minimum atomic E-state index is -0.355. The molecular formula is C15H20N4O2. The molecule has 0 amide bonds. The molecular weight excluding hydrogens is 268 g/mol. The van der Waals surface area contributed by atoms with E-state index in [0.717, 1.165) is 16.7 Å². The van der Waals surface area contributed by atoms with Gasteiger partial charge >= 0.3 is 0 Å². The molecule has 0 radical (unpaired) electrons. The van der Waals surface area contributed by atoms with Crippen molar-refractivity contribution in [2.75, 3.05) is 30.3 Å². The van der Waals surface area contributed by atoms with Gasteiger partial charge in [-0.25, -0.2) is 4.98 Å².